The summed E-state index contributed by atoms with van der Waals surface area (Å²) in [7, 11) is -3.74. The van der Waals surface area contributed by atoms with E-state index in [2.05, 4.69) is 10.3 Å². The maximum Gasteiger partial charge on any atom is 0.276 e. The number of amides is 1. The number of furan rings is 1. The SMILES string of the molecule is CC(=O)Nc1nc(C)c(-c2ccc(S(=O)(=O)N3CC(C)OC(C)C3)o2)s1.[HH]. The van der Waals surface area contributed by atoms with E-state index < -0.39 is 10.0 Å². The summed E-state index contributed by atoms with van der Waals surface area (Å²) < 4.78 is 38.4. The maximum atomic E-state index is 12.9. The summed E-state index contributed by atoms with van der Waals surface area (Å²) in [5, 5.41) is 2.96. The Kier molecular flexibility index (Phi) is 5.20. The third kappa shape index (κ3) is 3.83. The maximum absolute atomic E-state index is 12.9. The fourth-order valence-corrected chi connectivity index (χ4v) is 5.34. The van der Waals surface area contributed by atoms with Gasteiger partial charge in [0.25, 0.3) is 10.0 Å². The van der Waals surface area contributed by atoms with Gasteiger partial charge in [-0.2, -0.15) is 4.31 Å². The zero-order chi connectivity index (χ0) is 19.1. The zero-order valence-corrected chi connectivity index (χ0v) is 16.6. The van der Waals surface area contributed by atoms with Crippen molar-refractivity contribution in [2.75, 3.05) is 18.4 Å². The van der Waals surface area contributed by atoms with Gasteiger partial charge in [-0.05, 0) is 32.9 Å². The van der Waals surface area contributed by atoms with Gasteiger partial charge in [-0.15, -0.1) is 0 Å². The van der Waals surface area contributed by atoms with E-state index in [-0.39, 0.29) is 37.7 Å². The summed E-state index contributed by atoms with van der Waals surface area (Å²) in [5.41, 5.74) is 0.658. The molecule has 2 aromatic heterocycles. The second-order valence-corrected chi connectivity index (χ2v) is 9.18. The van der Waals surface area contributed by atoms with Gasteiger partial charge in [0.15, 0.2) is 5.13 Å². The van der Waals surface area contributed by atoms with Crippen LogP contribution in [-0.4, -0.2) is 48.9 Å². The van der Waals surface area contributed by atoms with Crippen LogP contribution in [-0.2, 0) is 19.6 Å². The Labute approximate surface area is 157 Å². The first-order valence-corrected chi connectivity index (χ1v) is 10.4. The number of thiazole rings is 1. The minimum atomic E-state index is -3.74. The highest BCUT2D eigenvalue weighted by Gasteiger charge is 2.34. The molecule has 0 saturated carbocycles. The Hall–Kier alpha value is -1.75. The van der Waals surface area contributed by atoms with Crippen molar-refractivity contribution in [3.05, 3.63) is 17.8 Å². The van der Waals surface area contributed by atoms with Gasteiger partial charge in [-0.3, -0.25) is 4.79 Å². The van der Waals surface area contributed by atoms with Crippen molar-refractivity contribution in [1.82, 2.24) is 9.29 Å². The van der Waals surface area contributed by atoms with Gasteiger partial charge in [-0.1, -0.05) is 11.3 Å². The summed E-state index contributed by atoms with van der Waals surface area (Å²) in [6.45, 7) is 7.44. The Morgan fingerprint density at radius 2 is 2.00 bits per heavy atom. The van der Waals surface area contributed by atoms with Crippen molar-refractivity contribution in [2.24, 2.45) is 0 Å². The molecule has 144 valence electrons. The summed E-state index contributed by atoms with van der Waals surface area (Å²) in [4.78, 5) is 16.1. The van der Waals surface area contributed by atoms with E-state index >= 15 is 0 Å². The molecule has 1 aliphatic heterocycles. The number of sulfonamides is 1. The van der Waals surface area contributed by atoms with Gasteiger partial charge in [-0.25, -0.2) is 13.4 Å². The average molecular weight is 402 g/mol. The molecule has 1 fully saturated rings. The third-order valence-corrected chi connectivity index (χ3v) is 6.66. The average Bonchev–Trinajstić information content (AvgIpc) is 3.12. The number of rotatable bonds is 4. The zero-order valence-electron chi connectivity index (χ0n) is 15.0. The Bertz CT molecular complexity index is 914. The minimum absolute atomic E-state index is 0. The van der Waals surface area contributed by atoms with E-state index in [1.165, 1.54) is 28.6 Å². The van der Waals surface area contributed by atoms with Crippen LogP contribution in [0, 0.1) is 6.92 Å². The second-order valence-electron chi connectivity index (χ2n) is 6.31. The summed E-state index contributed by atoms with van der Waals surface area (Å²) >= 11 is 1.24. The molecular formula is C16H23N3O5S2. The van der Waals surface area contributed by atoms with Crippen molar-refractivity contribution in [2.45, 2.75) is 45.0 Å². The van der Waals surface area contributed by atoms with E-state index in [0.29, 0.717) is 21.5 Å². The number of anilines is 1. The molecule has 2 unspecified atom stereocenters. The van der Waals surface area contributed by atoms with E-state index in [4.69, 9.17) is 9.15 Å². The molecular weight excluding hydrogens is 378 g/mol. The quantitative estimate of drug-likeness (QED) is 0.845. The third-order valence-electron chi connectivity index (χ3n) is 3.86. The standard InChI is InChI=1S/C16H21N3O5S2.H2/c1-9-7-19(8-10(2)23-9)26(21,22)14-6-5-13(24-14)15-11(3)17-16(25-15)18-12(4)20;/h5-6,9-10H,7-8H2,1-4H3,(H,17,18,20);1H. The highest BCUT2D eigenvalue weighted by Crippen LogP contribution is 2.35. The van der Waals surface area contributed by atoms with Crippen molar-refractivity contribution in [3.8, 4) is 10.6 Å². The van der Waals surface area contributed by atoms with E-state index in [1.54, 1.807) is 13.0 Å². The fourth-order valence-electron chi connectivity index (χ4n) is 2.86. The van der Waals surface area contributed by atoms with E-state index in [0.717, 1.165) is 0 Å². The van der Waals surface area contributed by atoms with Gasteiger partial charge in [0.1, 0.15) is 5.76 Å². The van der Waals surface area contributed by atoms with Crippen LogP contribution in [0.4, 0.5) is 5.13 Å². The Morgan fingerprint density at radius 3 is 2.62 bits per heavy atom. The molecule has 3 heterocycles. The summed E-state index contributed by atoms with van der Waals surface area (Å²) in [6.07, 6.45) is -0.348. The fraction of sp³-hybridized carbons (Fsp3) is 0.500. The molecule has 1 amide bonds. The molecule has 0 radical (unpaired) electrons. The van der Waals surface area contributed by atoms with Crippen molar-refractivity contribution < 1.29 is 23.8 Å². The minimum Gasteiger partial charge on any atom is -0.442 e. The van der Waals surface area contributed by atoms with Crippen LogP contribution in [0.2, 0.25) is 0 Å². The molecule has 10 heteroatoms. The predicted octanol–water partition coefficient (Wildman–Crippen LogP) is 2.71. The molecule has 1 N–H and O–H groups in total. The number of hydrogen-bond acceptors (Lipinski definition) is 7. The molecule has 0 aliphatic carbocycles. The van der Waals surface area contributed by atoms with Crippen molar-refractivity contribution in [3.63, 3.8) is 0 Å². The molecule has 8 nitrogen and oxygen atoms in total. The number of aryl methyl sites for hydroxylation is 1. The van der Waals surface area contributed by atoms with Gasteiger partial charge in [0.2, 0.25) is 11.0 Å². The van der Waals surface area contributed by atoms with Gasteiger partial charge in [0.05, 0.1) is 22.8 Å². The van der Waals surface area contributed by atoms with Gasteiger partial charge >= 0.3 is 0 Å². The second kappa shape index (κ2) is 7.10. The predicted molar refractivity (Wildman–Crippen MR) is 99.7 cm³/mol. The van der Waals surface area contributed by atoms with E-state index in [9.17, 15) is 13.2 Å². The highest BCUT2D eigenvalue weighted by molar-refractivity contribution is 7.89. The normalized spacial score (nSPS) is 21.7. The lowest BCUT2D eigenvalue weighted by Crippen LogP contribution is -2.47. The molecule has 1 aliphatic rings. The highest BCUT2D eigenvalue weighted by atomic mass is 32.2. The number of hydrogen-bond donors (Lipinski definition) is 1. The summed E-state index contributed by atoms with van der Waals surface area (Å²) in [5.74, 6) is 0.188. The smallest absolute Gasteiger partial charge is 0.276 e. The van der Waals surface area contributed by atoms with Crippen LogP contribution < -0.4 is 5.32 Å². The summed E-state index contributed by atoms with van der Waals surface area (Å²) in [6, 6.07) is 3.06. The molecule has 1 saturated heterocycles. The van der Waals surface area contributed by atoms with Crippen molar-refractivity contribution in [1.29, 1.82) is 0 Å². The Morgan fingerprint density at radius 1 is 1.35 bits per heavy atom. The lowest BCUT2D eigenvalue weighted by molar-refractivity contribution is -0.114. The number of nitrogens with zero attached hydrogens (tertiary/aromatic N) is 2. The first-order valence-electron chi connectivity index (χ1n) is 8.17. The monoisotopic (exact) mass is 401 g/mol. The number of carbonyl (C=O) groups excluding carboxylic acids is 1. The number of morpholine rings is 1. The van der Waals surface area contributed by atoms with Crippen LogP contribution in [0.5, 0.6) is 0 Å². The first kappa shape index (κ1) is 19.0. The lowest BCUT2D eigenvalue weighted by atomic mass is 10.3. The number of ether oxygens (including phenoxy) is 1. The van der Waals surface area contributed by atoms with Gasteiger partial charge in [0, 0.05) is 21.4 Å². The molecule has 3 rings (SSSR count). The van der Waals surface area contributed by atoms with Crippen LogP contribution >= 0.6 is 11.3 Å². The number of nitrogens with one attached hydrogen (secondary N) is 1. The molecule has 2 atom stereocenters. The van der Waals surface area contributed by atoms with Crippen molar-refractivity contribution >= 4 is 32.4 Å². The number of aromatic nitrogens is 1. The Balaban J connectivity index is 0.00000261. The molecule has 2 aromatic rings. The first-order chi connectivity index (χ1) is 12.2. The van der Waals surface area contributed by atoms with Crippen LogP contribution in [0.15, 0.2) is 21.6 Å². The van der Waals surface area contributed by atoms with Crippen LogP contribution in [0.1, 0.15) is 27.9 Å². The molecule has 26 heavy (non-hydrogen) atoms. The van der Waals surface area contributed by atoms with Gasteiger partial charge < -0.3 is 14.5 Å². The molecule has 0 aromatic carbocycles. The number of carbonyl (C=O) groups is 1. The lowest BCUT2D eigenvalue weighted by Gasteiger charge is -2.33. The molecule has 0 spiro atoms. The van der Waals surface area contributed by atoms with E-state index in [1.807, 2.05) is 13.8 Å². The van der Waals surface area contributed by atoms with Crippen LogP contribution in [0.3, 0.4) is 0 Å². The molecule has 0 bridgehead atoms. The largest absolute Gasteiger partial charge is 0.442 e. The topological polar surface area (TPSA) is 102 Å². The van der Waals surface area contributed by atoms with Crippen LogP contribution in [0.25, 0.3) is 10.6 Å².